The fourth-order valence-electron chi connectivity index (χ4n) is 1.41. The van der Waals surface area contributed by atoms with Crippen LogP contribution < -0.4 is 5.73 Å². The Kier molecular flexibility index (Phi) is 4.19. The maximum Gasteiger partial charge on any atom is 0.356 e. The molecule has 0 saturated heterocycles. The molecular formula is C13H10F2N2O2S. The molecule has 0 atom stereocenters. The van der Waals surface area contributed by atoms with E-state index in [2.05, 4.69) is 9.72 Å². The fourth-order valence-corrected chi connectivity index (χ4v) is 2.29. The highest BCUT2D eigenvalue weighted by atomic mass is 32.2. The lowest BCUT2D eigenvalue weighted by Gasteiger charge is -2.07. The molecule has 1 heterocycles. The Hall–Kier alpha value is -2.15. The topological polar surface area (TPSA) is 65.2 Å². The third-order valence-electron chi connectivity index (χ3n) is 2.38. The smallest absolute Gasteiger partial charge is 0.356 e. The number of pyridine rings is 1. The molecule has 0 spiro atoms. The number of nitrogens with two attached hydrogens (primary N) is 1. The summed E-state index contributed by atoms with van der Waals surface area (Å²) in [6.45, 7) is 0. The van der Waals surface area contributed by atoms with Crippen molar-refractivity contribution in [1.82, 2.24) is 4.98 Å². The summed E-state index contributed by atoms with van der Waals surface area (Å²) in [5, 5.41) is 0.206. The number of ether oxygens (including phenoxy) is 1. The van der Waals surface area contributed by atoms with Crippen LogP contribution in [0.15, 0.2) is 40.3 Å². The largest absolute Gasteiger partial charge is 0.464 e. The number of hydrogen-bond acceptors (Lipinski definition) is 5. The van der Waals surface area contributed by atoms with Crippen molar-refractivity contribution in [3.8, 4) is 0 Å². The number of rotatable bonds is 3. The molecule has 0 saturated carbocycles. The molecule has 0 aliphatic carbocycles. The van der Waals surface area contributed by atoms with E-state index < -0.39 is 17.6 Å². The van der Waals surface area contributed by atoms with E-state index in [9.17, 15) is 13.6 Å². The van der Waals surface area contributed by atoms with Crippen LogP contribution in [0.2, 0.25) is 0 Å². The molecule has 0 unspecified atom stereocenters. The number of benzene rings is 1. The Labute approximate surface area is 118 Å². The highest BCUT2D eigenvalue weighted by molar-refractivity contribution is 7.99. The first-order chi connectivity index (χ1) is 9.51. The monoisotopic (exact) mass is 296 g/mol. The van der Waals surface area contributed by atoms with E-state index in [1.54, 1.807) is 0 Å². The molecule has 0 aliphatic rings. The van der Waals surface area contributed by atoms with Gasteiger partial charge in [0.05, 0.1) is 17.7 Å². The molecule has 2 aromatic rings. The van der Waals surface area contributed by atoms with Crippen LogP contribution in [-0.4, -0.2) is 18.1 Å². The third kappa shape index (κ3) is 3.05. The molecule has 2 rings (SSSR count). The van der Waals surface area contributed by atoms with E-state index in [-0.39, 0.29) is 21.3 Å². The summed E-state index contributed by atoms with van der Waals surface area (Å²) in [6, 6.07) is 5.91. The first-order valence-electron chi connectivity index (χ1n) is 5.49. The van der Waals surface area contributed by atoms with Gasteiger partial charge in [-0.15, -0.1) is 0 Å². The Morgan fingerprint density at radius 3 is 2.75 bits per heavy atom. The molecule has 0 bridgehead atoms. The van der Waals surface area contributed by atoms with Gasteiger partial charge < -0.3 is 10.5 Å². The number of halogens is 2. The molecule has 20 heavy (non-hydrogen) atoms. The van der Waals surface area contributed by atoms with Crippen molar-refractivity contribution in [3.05, 3.63) is 47.7 Å². The quantitative estimate of drug-likeness (QED) is 0.882. The Morgan fingerprint density at radius 2 is 2.05 bits per heavy atom. The minimum absolute atomic E-state index is 0.0335. The summed E-state index contributed by atoms with van der Waals surface area (Å²) >= 11 is 0.838. The molecule has 0 fully saturated rings. The van der Waals surface area contributed by atoms with Gasteiger partial charge in [0.25, 0.3) is 0 Å². The Balaban J connectivity index is 2.37. The average Bonchev–Trinajstić information content (AvgIpc) is 2.44. The summed E-state index contributed by atoms with van der Waals surface area (Å²) in [5.41, 5.74) is 6.01. The number of carbonyl (C=O) groups excluding carboxylic acids is 1. The minimum atomic E-state index is -0.633. The molecule has 104 valence electrons. The van der Waals surface area contributed by atoms with E-state index in [1.807, 2.05) is 0 Å². The number of esters is 1. The fraction of sp³-hybridized carbons (Fsp3) is 0.0769. The molecule has 0 aliphatic heterocycles. The van der Waals surface area contributed by atoms with Gasteiger partial charge in [-0.2, -0.15) is 0 Å². The third-order valence-corrected chi connectivity index (χ3v) is 3.44. The second-order valence-corrected chi connectivity index (χ2v) is 4.79. The van der Waals surface area contributed by atoms with Crippen LogP contribution in [0.25, 0.3) is 0 Å². The first-order valence-corrected chi connectivity index (χ1v) is 6.30. The second kappa shape index (κ2) is 5.87. The van der Waals surface area contributed by atoms with Crippen molar-refractivity contribution in [2.75, 3.05) is 12.8 Å². The number of hydrogen-bond donors (Lipinski definition) is 1. The lowest BCUT2D eigenvalue weighted by molar-refractivity contribution is 0.0593. The lowest BCUT2D eigenvalue weighted by atomic mass is 10.3. The van der Waals surface area contributed by atoms with Crippen molar-refractivity contribution < 1.29 is 18.3 Å². The van der Waals surface area contributed by atoms with Crippen LogP contribution in [0.3, 0.4) is 0 Å². The predicted octanol–water partition coefficient (Wildman–Crippen LogP) is 2.88. The maximum atomic E-state index is 13.6. The Morgan fingerprint density at radius 1 is 1.30 bits per heavy atom. The minimum Gasteiger partial charge on any atom is -0.464 e. The zero-order chi connectivity index (χ0) is 14.7. The number of methoxy groups -OCH3 is 1. The van der Waals surface area contributed by atoms with Crippen molar-refractivity contribution in [1.29, 1.82) is 0 Å². The van der Waals surface area contributed by atoms with Crippen LogP contribution in [0.4, 0.5) is 14.5 Å². The van der Waals surface area contributed by atoms with Gasteiger partial charge in [-0.3, -0.25) is 0 Å². The Bertz CT molecular complexity index is 665. The van der Waals surface area contributed by atoms with E-state index in [1.165, 1.54) is 19.2 Å². The van der Waals surface area contributed by atoms with Crippen LogP contribution in [0, 0.1) is 11.6 Å². The number of nitrogen functional groups attached to an aromatic ring is 1. The highest BCUT2D eigenvalue weighted by Gasteiger charge is 2.13. The zero-order valence-corrected chi connectivity index (χ0v) is 11.2. The van der Waals surface area contributed by atoms with Crippen LogP contribution in [0.1, 0.15) is 10.5 Å². The zero-order valence-electron chi connectivity index (χ0n) is 10.4. The number of anilines is 1. The van der Waals surface area contributed by atoms with Gasteiger partial charge in [-0.1, -0.05) is 11.8 Å². The molecule has 1 aromatic heterocycles. The molecule has 2 N–H and O–H groups in total. The van der Waals surface area contributed by atoms with E-state index >= 15 is 0 Å². The second-order valence-electron chi connectivity index (χ2n) is 3.76. The van der Waals surface area contributed by atoms with Gasteiger partial charge in [-0.25, -0.2) is 18.6 Å². The summed E-state index contributed by atoms with van der Waals surface area (Å²) in [7, 11) is 1.22. The van der Waals surface area contributed by atoms with Crippen molar-refractivity contribution in [2.24, 2.45) is 0 Å². The average molecular weight is 296 g/mol. The number of aromatic nitrogens is 1. The van der Waals surface area contributed by atoms with E-state index in [0.717, 1.165) is 30.0 Å². The summed E-state index contributed by atoms with van der Waals surface area (Å²) < 4.78 is 31.2. The molecule has 4 nitrogen and oxygen atoms in total. The summed E-state index contributed by atoms with van der Waals surface area (Å²) in [5.74, 6) is -1.80. The van der Waals surface area contributed by atoms with Gasteiger partial charge in [0, 0.05) is 0 Å². The molecule has 0 radical (unpaired) electrons. The molecule has 7 heteroatoms. The molecular weight excluding hydrogens is 286 g/mol. The molecule has 1 aromatic carbocycles. The van der Waals surface area contributed by atoms with Gasteiger partial charge in [0.2, 0.25) is 0 Å². The first kappa shape index (κ1) is 14.3. The maximum absolute atomic E-state index is 13.6. The van der Waals surface area contributed by atoms with Crippen LogP contribution in [-0.2, 0) is 4.74 Å². The van der Waals surface area contributed by atoms with E-state index in [0.29, 0.717) is 0 Å². The van der Waals surface area contributed by atoms with E-state index in [4.69, 9.17) is 5.73 Å². The standard InChI is InChI=1S/C13H10F2N2O2S/c1-19-13(18)10-5-4-9(16)12(17-10)20-11-6-7(14)2-3-8(11)15/h2-6H,16H2,1H3. The van der Waals surface area contributed by atoms with Gasteiger partial charge in [0.1, 0.15) is 22.4 Å². The predicted molar refractivity (Wildman–Crippen MR) is 70.5 cm³/mol. The van der Waals surface area contributed by atoms with Crippen molar-refractivity contribution >= 4 is 23.4 Å². The highest BCUT2D eigenvalue weighted by Crippen LogP contribution is 2.32. The number of nitrogens with zero attached hydrogens (tertiary/aromatic N) is 1. The van der Waals surface area contributed by atoms with Gasteiger partial charge >= 0.3 is 5.97 Å². The lowest BCUT2D eigenvalue weighted by Crippen LogP contribution is -2.06. The van der Waals surface area contributed by atoms with Crippen LogP contribution in [0.5, 0.6) is 0 Å². The normalized spacial score (nSPS) is 10.3. The summed E-state index contributed by atoms with van der Waals surface area (Å²) in [4.78, 5) is 15.4. The summed E-state index contributed by atoms with van der Waals surface area (Å²) in [6.07, 6.45) is 0. The molecule has 0 amide bonds. The van der Waals surface area contributed by atoms with Crippen LogP contribution >= 0.6 is 11.8 Å². The van der Waals surface area contributed by atoms with Crippen molar-refractivity contribution in [3.63, 3.8) is 0 Å². The van der Waals surface area contributed by atoms with Gasteiger partial charge in [0.15, 0.2) is 0 Å². The van der Waals surface area contributed by atoms with Gasteiger partial charge in [-0.05, 0) is 30.3 Å². The van der Waals surface area contributed by atoms with Crippen molar-refractivity contribution in [2.45, 2.75) is 9.92 Å². The SMILES string of the molecule is COC(=O)c1ccc(N)c(Sc2cc(F)ccc2F)n1. The number of carbonyl (C=O) groups is 1.